The average molecular weight is 152 g/mol. The molecule has 0 aliphatic heterocycles. The van der Waals surface area contributed by atoms with Crippen molar-refractivity contribution in [2.75, 3.05) is 7.11 Å². The van der Waals surface area contributed by atoms with E-state index < -0.39 is 0 Å². The molecule has 0 aliphatic carbocycles. The molecule has 0 aliphatic rings. The number of carbonyl (C=O) groups is 1. The van der Waals surface area contributed by atoms with Gasteiger partial charge in [-0.3, -0.25) is 4.84 Å². The molecule has 3 nitrogen and oxygen atoms in total. The maximum Gasteiger partial charge on any atom is 0.222 e. The Morgan fingerprint density at radius 2 is 2.18 bits per heavy atom. The molecule has 0 saturated heterocycles. The summed E-state index contributed by atoms with van der Waals surface area (Å²) in [6, 6.07) is 3.69. The van der Waals surface area contributed by atoms with E-state index in [2.05, 4.69) is 0 Å². The molecule has 1 aromatic heterocycles. The zero-order valence-corrected chi connectivity index (χ0v) is 6.36. The van der Waals surface area contributed by atoms with Gasteiger partial charge in [0.1, 0.15) is 13.4 Å². The van der Waals surface area contributed by atoms with Gasteiger partial charge >= 0.3 is 0 Å². The Bertz CT molecular complexity index is 230. The molecule has 1 aromatic rings. The Morgan fingerprint density at radius 1 is 1.55 bits per heavy atom. The number of carbonyl (C=O) groups excluding carboxylic acids is 1. The van der Waals surface area contributed by atoms with Gasteiger partial charge < -0.3 is 4.79 Å². The first-order valence-corrected chi connectivity index (χ1v) is 3.35. The number of aromatic nitrogens is 1. The first-order chi connectivity index (χ1) is 5.36. The fraction of sp³-hybridized carbons (Fsp3) is 0.250. The number of hydrogen-bond donors (Lipinski definition) is 0. The summed E-state index contributed by atoms with van der Waals surface area (Å²) in [5, 5.41) is 0. The van der Waals surface area contributed by atoms with Crippen molar-refractivity contribution >= 4 is 6.29 Å². The van der Waals surface area contributed by atoms with Crippen LogP contribution in [0.15, 0.2) is 24.5 Å². The van der Waals surface area contributed by atoms with E-state index in [-0.39, 0.29) is 0 Å². The Hall–Kier alpha value is -1.38. The maximum absolute atomic E-state index is 10.1. The number of hydrogen-bond acceptors (Lipinski definition) is 2. The van der Waals surface area contributed by atoms with Crippen LogP contribution in [0.3, 0.4) is 0 Å². The third-order valence-corrected chi connectivity index (χ3v) is 1.40. The highest BCUT2D eigenvalue weighted by Gasteiger charge is 1.97. The quantitative estimate of drug-likeness (QED) is 0.442. The number of aldehydes is 1. The molecule has 0 saturated carbocycles. The van der Waals surface area contributed by atoms with Crippen LogP contribution in [-0.2, 0) is 11.2 Å². The summed E-state index contributed by atoms with van der Waals surface area (Å²) < 4.78 is 1.56. The molecular formula is C8H10NO2+. The first-order valence-electron chi connectivity index (χ1n) is 3.35. The Balaban J connectivity index is 2.74. The molecule has 0 bridgehead atoms. The van der Waals surface area contributed by atoms with Crippen molar-refractivity contribution in [1.29, 1.82) is 0 Å². The number of pyridine rings is 1. The van der Waals surface area contributed by atoms with Gasteiger partial charge in [0, 0.05) is 23.3 Å². The van der Waals surface area contributed by atoms with Crippen molar-refractivity contribution in [1.82, 2.24) is 0 Å². The monoisotopic (exact) mass is 152 g/mol. The van der Waals surface area contributed by atoms with E-state index in [0.717, 1.165) is 11.8 Å². The highest BCUT2D eigenvalue weighted by Crippen LogP contribution is 1.92. The van der Waals surface area contributed by atoms with E-state index in [1.165, 1.54) is 0 Å². The number of rotatable bonds is 3. The lowest BCUT2D eigenvalue weighted by Gasteiger charge is -1.91. The van der Waals surface area contributed by atoms with Crippen LogP contribution in [-0.4, -0.2) is 13.4 Å². The van der Waals surface area contributed by atoms with E-state index >= 15 is 0 Å². The third kappa shape index (κ3) is 2.04. The fourth-order valence-electron chi connectivity index (χ4n) is 0.798. The molecule has 1 heterocycles. The van der Waals surface area contributed by atoms with Gasteiger partial charge in [-0.25, -0.2) is 0 Å². The van der Waals surface area contributed by atoms with Crippen LogP contribution in [0.2, 0.25) is 0 Å². The predicted octanol–water partition coefficient (Wildman–Crippen LogP) is -0.226. The van der Waals surface area contributed by atoms with Gasteiger partial charge in [0.15, 0.2) is 0 Å². The maximum atomic E-state index is 10.1. The van der Waals surface area contributed by atoms with Crippen molar-refractivity contribution in [3.8, 4) is 0 Å². The van der Waals surface area contributed by atoms with E-state index in [4.69, 9.17) is 4.84 Å². The molecule has 3 heteroatoms. The molecule has 58 valence electrons. The standard InChI is InChI=1S/C8H10NO2/c1-11-9-5-2-8(3-6-9)4-7-10/h2-3,5-7H,4H2,1H3/q+1. The summed E-state index contributed by atoms with van der Waals surface area (Å²) in [5.41, 5.74) is 0.994. The van der Waals surface area contributed by atoms with E-state index in [0.29, 0.717) is 6.42 Å². The summed E-state index contributed by atoms with van der Waals surface area (Å²) in [6.45, 7) is 0. The largest absolute Gasteiger partial charge is 0.303 e. The second-order valence-corrected chi connectivity index (χ2v) is 2.12. The van der Waals surface area contributed by atoms with E-state index in [1.54, 1.807) is 24.2 Å². The van der Waals surface area contributed by atoms with Gasteiger partial charge in [0.2, 0.25) is 12.4 Å². The smallest absolute Gasteiger partial charge is 0.222 e. The summed E-state index contributed by atoms with van der Waals surface area (Å²) in [6.07, 6.45) is 4.87. The van der Waals surface area contributed by atoms with Crippen LogP contribution in [0.5, 0.6) is 0 Å². The molecule has 0 fully saturated rings. The normalized spacial score (nSPS) is 9.18. The molecular weight excluding hydrogens is 142 g/mol. The van der Waals surface area contributed by atoms with Gasteiger partial charge in [-0.1, -0.05) is 0 Å². The summed E-state index contributed by atoms with van der Waals surface area (Å²) in [7, 11) is 1.58. The fourth-order valence-corrected chi connectivity index (χ4v) is 0.798. The van der Waals surface area contributed by atoms with Crippen LogP contribution in [0, 0.1) is 0 Å². The molecule has 0 unspecified atom stereocenters. The highest BCUT2D eigenvalue weighted by molar-refractivity contribution is 5.54. The SMILES string of the molecule is CO[n+]1ccc(CC=O)cc1. The summed E-state index contributed by atoms with van der Waals surface area (Å²) >= 11 is 0. The number of nitrogens with zero attached hydrogens (tertiary/aromatic N) is 1. The highest BCUT2D eigenvalue weighted by atomic mass is 16.6. The zero-order valence-electron chi connectivity index (χ0n) is 6.36. The van der Waals surface area contributed by atoms with Gasteiger partial charge in [0.05, 0.1) is 0 Å². The minimum Gasteiger partial charge on any atom is -0.303 e. The Kier molecular flexibility index (Phi) is 2.60. The average Bonchev–Trinajstić information content (AvgIpc) is 2.07. The minimum atomic E-state index is 0.463. The molecule has 11 heavy (non-hydrogen) atoms. The molecule has 0 N–H and O–H groups in total. The topological polar surface area (TPSA) is 30.2 Å². The summed E-state index contributed by atoms with van der Waals surface area (Å²) in [5.74, 6) is 0. The zero-order chi connectivity index (χ0) is 8.10. The van der Waals surface area contributed by atoms with Crippen LogP contribution in [0.25, 0.3) is 0 Å². The van der Waals surface area contributed by atoms with Gasteiger partial charge in [-0.05, 0) is 5.56 Å². The summed E-state index contributed by atoms with van der Waals surface area (Å²) in [4.78, 5) is 15.0. The predicted molar refractivity (Wildman–Crippen MR) is 38.9 cm³/mol. The first kappa shape index (κ1) is 7.72. The molecule has 1 rings (SSSR count). The van der Waals surface area contributed by atoms with Crippen molar-refractivity contribution in [2.24, 2.45) is 0 Å². The van der Waals surface area contributed by atoms with Crippen molar-refractivity contribution in [3.63, 3.8) is 0 Å². The molecule has 0 radical (unpaired) electrons. The van der Waals surface area contributed by atoms with Gasteiger partial charge in [0.25, 0.3) is 0 Å². The second kappa shape index (κ2) is 3.71. The van der Waals surface area contributed by atoms with Crippen molar-refractivity contribution < 1.29 is 14.4 Å². The van der Waals surface area contributed by atoms with Crippen molar-refractivity contribution in [2.45, 2.75) is 6.42 Å². The lowest BCUT2D eigenvalue weighted by atomic mass is 10.2. The van der Waals surface area contributed by atoms with Crippen LogP contribution >= 0.6 is 0 Å². The van der Waals surface area contributed by atoms with Gasteiger partial charge in [-0.15, -0.1) is 0 Å². The van der Waals surface area contributed by atoms with Crippen LogP contribution in [0.4, 0.5) is 0 Å². The Labute approximate surface area is 65.2 Å². The lowest BCUT2D eigenvalue weighted by molar-refractivity contribution is -0.885. The lowest BCUT2D eigenvalue weighted by Crippen LogP contribution is -2.39. The minimum absolute atomic E-state index is 0.463. The molecule has 0 spiro atoms. The second-order valence-electron chi connectivity index (χ2n) is 2.12. The van der Waals surface area contributed by atoms with Gasteiger partial charge in [-0.2, -0.15) is 0 Å². The van der Waals surface area contributed by atoms with E-state index in [9.17, 15) is 4.79 Å². The van der Waals surface area contributed by atoms with Crippen molar-refractivity contribution in [3.05, 3.63) is 30.1 Å². The Morgan fingerprint density at radius 3 is 2.64 bits per heavy atom. The molecule has 0 atom stereocenters. The van der Waals surface area contributed by atoms with E-state index in [1.807, 2.05) is 12.1 Å². The third-order valence-electron chi connectivity index (χ3n) is 1.40. The van der Waals surface area contributed by atoms with Crippen LogP contribution < -0.4 is 9.57 Å². The molecule has 0 aromatic carbocycles. The molecule has 0 amide bonds. The van der Waals surface area contributed by atoms with Crippen LogP contribution in [0.1, 0.15) is 5.56 Å².